The number of aromatic nitrogens is 2. The molecule has 2 N–H and O–H groups in total. The minimum atomic E-state index is 0.569. The molecule has 2 aromatic heterocycles. The third kappa shape index (κ3) is 2.59. The molecule has 1 atom stereocenters. The number of nitrogens with one attached hydrogen (secondary N) is 2. The minimum absolute atomic E-state index is 0.569. The predicted molar refractivity (Wildman–Crippen MR) is 73.7 cm³/mol. The van der Waals surface area contributed by atoms with Gasteiger partial charge >= 0.3 is 0 Å². The normalized spacial score (nSPS) is 19.9. The zero-order valence-electron chi connectivity index (χ0n) is 10.4. The van der Waals surface area contributed by atoms with Gasteiger partial charge in [0.15, 0.2) is 5.65 Å². The largest absolute Gasteiger partial charge is 0.368 e. The van der Waals surface area contributed by atoms with Crippen molar-refractivity contribution in [3.8, 4) is 0 Å². The van der Waals surface area contributed by atoms with Crippen LogP contribution in [0.1, 0.15) is 19.3 Å². The van der Waals surface area contributed by atoms with Crippen LogP contribution in [0, 0.1) is 0 Å². The molecule has 0 spiro atoms. The number of hydrogen-bond donors (Lipinski definition) is 2. The van der Waals surface area contributed by atoms with Crippen LogP contribution in [0.2, 0.25) is 0 Å². The van der Waals surface area contributed by atoms with Crippen LogP contribution in [0.15, 0.2) is 30.5 Å². The minimum Gasteiger partial charge on any atom is -0.368 e. The topological polar surface area (TPSA) is 49.8 Å². The highest BCUT2D eigenvalue weighted by atomic mass is 15.0. The number of fused-ring (bicyclic) bond motifs is 1. The smallest absolute Gasteiger partial charge is 0.161 e. The number of pyridine rings is 2. The number of piperidine rings is 1. The van der Waals surface area contributed by atoms with Gasteiger partial charge in [0, 0.05) is 24.2 Å². The molecule has 0 bridgehead atoms. The maximum absolute atomic E-state index is 4.51. The van der Waals surface area contributed by atoms with Crippen molar-refractivity contribution in [3.63, 3.8) is 0 Å². The van der Waals surface area contributed by atoms with Crippen LogP contribution < -0.4 is 10.6 Å². The first-order chi connectivity index (χ1) is 8.92. The molecule has 4 heteroatoms. The molecule has 1 aliphatic rings. The average Bonchev–Trinajstić information content (AvgIpc) is 2.46. The summed E-state index contributed by atoms with van der Waals surface area (Å²) in [5, 5.41) is 8.00. The summed E-state index contributed by atoms with van der Waals surface area (Å²) in [7, 11) is 0. The molecule has 0 unspecified atom stereocenters. The Kier molecular flexibility index (Phi) is 3.37. The van der Waals surface area contributed by atoms with Gasteiger partial charge in [0.2, 0.25) is 0 Å². The summed E-state index contributed by atoms with van der Waals surface area (Å²) in [4.78, 5) is 8.78. The van der Waals surface area contributed by atoms with E-state index in [0.717, 1.165) is 29.9 Å². The van der Waals surface area contributed by atoms with E-state index in [4.69, 9.17) is 0 Å². The van der Waals surface area contributed by atoms with Crippen LogP contribution >= 0.6 is 0 Å². The molecule has 4 nitrogen and oxygen atoms in total. The van der Waals surface area contributed by atoms with E-state index < -0.39 is 0 Å². The van der Waals surface area contributed by atoms with Crippen molar-refractivity contribution in [1.29, 1.82) is 0 Å². The van der Waals surface area contributed by atoms with Crippen LogP contribution in [-0.2, 0) is 0 Å². The molecular weight excluding hydrogens is 224 g/mol. The third-order valence-electron chi connectivity index (χ3n) is 3.41. The van der Waals surface area contributed by atoms with E-state index >= 15 is 0 Å². The van der Waals surface area contributed by atoms with Gasteiger partial charge in [-0.3, -0.25) is 0 Å². The van der Waals surface area contributed by atoms with Gasteiger partial charge in [0.25, 0.3) is 0 Å². The van der Waals surface area contributed by atoms with Crippen molar-refractivity contribution in [2.45, 2.75) is 25.3 Å². The lowest BCUT2D eigenvalue weighted by Gasteiger charge is -2.23. The first kappa shape index (κ1) is 11.4. The third-order valence-corrected chi connectivity index (χ3v) is 3.41. The van der Waals surface area contributed by atoms with E-state index in [0.29, 0.717) is 6.04 Å². The molecule has 18 heavy (non-hydrogen) atoms. The van der Waals surface area contributed by atoms with E-state index in [1.807, 2.05) is 18.2 Å². The monoisotopic (exact) mass is 242 g/mol. The van der Waals surface area contributed by atoms with Crippen molar-refractivity contribution < 1.29 is 0 Å². The Bertz CT molecular complexity index is 520. The van der Waals surface area contributed by atoms with Gasteiger partial charge in [0.1, 0.15) is 5.82 Å². The van der Waals surface area contributed by atoms with E-state index in [9.17, 15) is 0 Å². The number of hydrogen-bond acceptors (Lipinski definition) is 4. The van der Waals surface area contributed by atoms with Crippen molar-refractivity contribution in [3.05, 3.63) is 30.5 Å². The Labute approximate surface area is 107 Å². The van der Waals surface area contributed by atoms with E-state index in [2.05, 4.69) is 26.7 Å². The fourth-order valence-corrected chi connectivity index (χ4v) is 2.38. The molecule has 0 aliphatic carbocycles. The van der Waals surface area contributed by atoms with Crippen LogP contribution in [0.4, 0.5) is 5.82 Å². The summed E-state index contributed by atoms with van der Waals surface area (Å²) in [5.74, 6) is 0.911. The molecule has 0 amide bonds. The summed E-state index contributed by atoms with van der Waals surface area (Å²) >= 11 is 0. The van der Waals surface area contributed by atoms with Crippen LogP contribution in [0.25, 0.3) is 11.0 Å². The number of nitrogens with zero attached hydrogens (tertiary/aromatic N) is 2. The number of rotatable bonds is 3. The summed E-state index contributed by atoms with van der Waals surface area (Å²) in [6.45, 7) is 2.07. The highest BCUT2D eigenvalue weighted by molar-refractivity contribution is 5.76. The molecule has 94 valence electrons. The molecule has 3 heterocycles. The van der Waals surface area contributed by atoms with Gasteiger partial charge in [-0.1, -0.05) is 6.42 Å². The van der Waals surface area contributed by atoms with Crippen LogP contribution in [0.3, 0.4) is 0 Å². The lowest BCUT2D eigenvalue weighted by atomic mass is 10.1. The van der Waals surface area contributed by atoms with Gasteiger partial charge in [-0.25, -0.2) is 9.97 Å². The van der Waals surface area contributed by atoms with Crippen LogP contribution in [0.5, 0.6) is 0 Å². The Morgan fingerprint density at radius 2 is 2.28 bits per heavy atom. The van der Waals surface area contributed by atoms with Gasteiger partial charge < -0.3 is 10.6 Å². The zero-order valence-corrected chi connectivity index (χ0v) is 10.4. The first-order valence-electron chi connectivity index (χ1n) is 6.61. The Morgan fingerprint density at radius 3 is 3.17 bits per heavy atom. The van der Waals surface area contributed by atoms with E-state index in [1.54, 1.807) is 6.20 Å². The molecule has 1 saturated heterocycles. The molecule has 0 saturated carbocycles. The summed E-state index contributed by atoms with van der Waals surface area (Å²) < 4.78 is 0. The average molecular weight is 242 g/mol. The van der Waals surface area contributed by atoms with Crippen molar-refractivity contribution in [2.75, 3.05) is 18.4 Å². The Hall–Kier alpha value is -1.68. The molecule has 1 aliphatic heterocycles. The maximum Gasteiger partial charge on any atom is 0.161 e. The van der Waals surface area contributed by atoms with E-state index in [1.165, 1.54) is 19.3 Å². The highest BCUT2D eigenvalue weighted by Gasteiger charge is 2.11. The molecular formula is C14H18N4. The lowest BCUT2D eigenvalue weighted by Crippen LogP contribution is -2.39. The molecule has 2 aromatic rings. The predicted octanol–water partition coefficient (Wildman–Crippen LogP) is 2.18. The van der Waals surface area contributed by atoms with Gasteiger partial charge in [0.05, 0.1) is 0 Å². The van der Waals surface area contributed by atoms with Crippen molar-refractivity contribution in [1.82, 2.24) is 15.3 Å². The zero-order chi connectivity index (χ0) is 12.2. The highest BCUT2D eigenvalue weighted by Crippen LogP contribution is 2.13. The standard InChI is InChI=1S/C14H18N4/c1-2-8-15-12(5-1)10-17-13-7-6-11-4-3-9-16-14(11)18-13/h3-4,6-7,9,12,15H,1-2,5,8,10H2,(H,16,17,18)/t12-/m0/s1. The van der Waals surface area contributed by atoms with Crippen LogP contribution in [-0.4, -0.2) is 29.1 Å². The quantitative estimate of drug-likeness (QED) is 0.866. The Morgan fingerprint density at radius 1 is 1.28 bits per heavy atom. The van der Waals surface area contributed by atoms with Crippen molar-refractivity contribution >= 4 is 16.9 Å². The second-order valence-electron chi connectivity index (χ2n) is 4.77. The molecule has 3 rings (SSSR count). The fourth-order valence-electron chi connectivity index (χ4n) is 2.38. The lowest BCUT2D eigenvalue weighted by molar-refractivity contribution is 0.414. The SMILES string of the molecule is c1cnc2nc(NC[C@@H]3CCCCN3)ccc2c1. The Balaban J connectivity index is 1.66. The van der Waals surface area contributed by atoms with Gasteiger partial charge in [-0.2, -0.15) is 0 Å². The molecule has 0 aromatic carbocycles. The van der Waals surface area contributed by atoms with Gasteiger partial charge in [-0.05, 0) is 43.7 Å². The van der Waals surface area contributed by atoms with Gasteiger partial charge in [-0.15, -0.1) is 0 Å². The second-order valence-corrected chi connectivity index (χ2v) is 4.77. The first-order valence-corrected chi connectivity index (χ1v) is 6.61. The molecule has 0 radical (unpaired) electrons. The summed E-state index contributed by atoms with van der Waals surface area (Å²) in [6.07, 6.45) is 5.65. The number of anilines is 1. The second kappa shape index (κ2) is 5.31. The van der Waals surface area contributed by atoms with Crippen molar-refractivity contribution in [2.24, 2.45) is 0 Å². The summed E-state index contributed by atoms with van der Waals surface area (Å²) in [5.41, 5.74) is 0.805. The fraction of sp³-hybridized carbons (Fsp3) is 0.429. The van der Waals surface area contributed by atoms with E-state index in [-0.39, 0.29) is 0 Å². The molecule has 1 fully saturated rings. The maximum atomic E-state index is 4.51. The summed E-state index contributed by atoms with van der Waals surface area (Å²) in [6, 6.07) is 8.61.